The Hall–Kier alpha value is -0.700. The van der Waals surface area contributed by atoms with Gasteiger partial charge in [0.1, 0.15) is 5.75 Å². The third kappa shape index (κ3) is 2.42. The van der Waals surface area contributed by atoms with Gasteiger partial charge in [0.25, 0.3) is 0 Å². The summed E-state index contributed by atoms with van der Waals surface area (Å²) in [5.74, 6) is 0.583. The van der Waals surface area contributed by atoms with Crippen molar-refractivity contribution in [1.82, 2.24) is 0 Å². The maximum Gasteiger partial charge on any atom is 0.228 e. The van der Waals surface area contributed by atoms with Gasteiger partial charge in [-0.3, -0.25) is 0 Å². The molecule has 0 heterocycles. The van der Waals surface area contributed by atoms with E-state index in [1.807, 2.05) is 24.5 Å². The van der Waals surface area contributed by atoms with Crippen molar-refractivity contribution < 1.29 is 9.13 Å². The van der Waals surface area contributed by atoms with Crippen molar-refractivity contribution in [2.45, 2.75) is 4.90 Å². The first-order chi connectivity index (χ1) is 5.36. The number of alkyl halides is 1. The highest BCUT2D eigenvalue weighted by molar-refractivity contribution is 7.98. The Bertz CT molecular complexity index is 227. The summed E-state index contributed by atoms with van der Waals surface area (Å²) in [6, 6.07) is 7.34. The molecule has 60 valence electrons. The minimum Gasteiger partial charge on any atom is -0.463 e. The van der Waals surface area contributed by atoms with Gasteiger partial charge in [-0.25, -0.2) is 4.39 Å². The smallest absolute Gasteiger partial charge is 0.228 e. The van der Waals surface area contributed by atoms with Crippen LogP contribution in [0.5, 0.6) is 5.75 Å². The Balaban J connectivity index is 2.74. The van der Waals surface area contributed by atoms with E-state index in [4.69, 9.17) is 0 Å². The van der Waals surface area contributed by atoms with E-state index >= 15 is 0 Å². The molecule has 0 aromatic heterocycles. The summed E-state index contributed by atoms with van der Waals surface area (Å²) >= 11 is 1.61. The summed E-state index contributed by atoms with van der Waals surface area (Å²) in [6.07, 6.45) is 1.97. The van der Waals surface area contributed by atoms with Crippen LogP contribution in [0.1, 0.15) is 0 Å². The number of hydrogen-bond acceptors (Lipinski definition) is 2. The average molecular weight is 172 g/mol. The van der Waals surface area contributed by atoms with E-state index in [9.17, 15) is 4.39 Å². The molecular weight excluding hydrogens is 163 g/mol. The molecule has 0 amide bonds. The van der Waals surface area contributed by atoms with E-state index in [0.717, 1.165) is 4.90 Å². The topological polar surface area (TPSA) is 9.23 Å². The van der Waals surface area contributed by atoms with Crippen molar-refractivity contribution in [3.63, 3.8) is 0 Å². The highest BCUT2D eigenvalue weighted by Crippen LogP contribution is 2.20. The molecule has 0 unspecified atom stereocenters. The lowest BCUT2D eigenvalue weighted by Crippen LogP contribution is -1.88. The minimum absolute atomic E-state index is 0.583. The monoisotopic (exact) mass is 172 g/mol. The van der Waals surface area contributed by atoms with Crippen LogP contribution in [0.15, 0.2) is 29.2 Å². The molecule has 0 N–H and O–H groups in total. The third-order valence-corrected chi connectivity index (χ3v) is 1.99. The molecule has 0 fully saturated rings. The molecule has 0 saturated carbocycles. The van der Waals surface area contributed by atoms with Gasteiger partial charge in [-0.1, -0.05) is 6.07 Å². The maximum atomic E-state index is 11.7. The fraction of sp³-hybridized carbons (Fsp3) is 0.250. The molecule has 1 aromatic carbocycles. The van der Waals surface area contributed by atoms with Gasteiger partial charge >= 0.3 is 0 Å². The number of thioether (sulfide) groups is 1. The first-order valence-corrected chi connectivity index (χ1v) is 4.42. The molecule has 0 atom stereocenters. The molecule has 0 aliphatic rings. The normalized spacial score (nSPS) is 9.64. The van der Waals surface area contributed by atoms with E-state index in [-0.39, 0.29) is 0 Å². The summed E-state index contributed by atoms with van der Waals surface area (Å²) < 4.78 is 16.4. The van der Waals surface area contributed by atoms with Crippen molar-refractivity contribution in [3.05, 3.63) is 24.3 Å². The fourth-order valence-electron chi connectivity index (χ4n) is 0.754. The molecule has 1 rings (SSSR count). The van der Waals surface area contributed by atoms with Crippen LogP contribution in [-0.4, -0.2) is 13.1 Å². The second kappa shape index (κ2) is 4.23. The number of rotatable bonds is 3. The largest absolute Gasteiger partial charge is 0.463 e. The van der Waals surface area contributed by atoms with Crippen LogP contribution in [0, 0.1) is 0 Å². The zero-order valence-corrected chi connectivity index (χ0v) is 7.03. The highest BCUT2D eigenvalue weighted by Gasteiger charge is 1.93. The van der Waals surface area contributed by atoms with Crippen LogP contribution < -0.4 is 4.74 Å². The van der Waals surface area contributed by atoms with E-state index in [0.29, 0.717) is 5.75 Å². The van der Waals surface area contributed by atoms with Crippen molar-refractivity contribution in [2.24, 2.45) is 0 Å². The van der Waals surface area contributed by atoms with Crippen molar-refractivity contribution >= 4 is 11.8 Å². The lowest BCUT2D eigenvalue weighted by Gasteiger charge is -2.01. The molecule has 0 aliphatic heterocycles. The molecule has 0 bridgehead atoms. The van der Waals surface area contributed by atoms with E-state index in [1.165, 1.54) is 0 Å². The van der Waals surface area contributed by atoms with Crippen molar-refractivity contribution in [1.29, 1.82) is 0 Å². The van der Waals surface area contributed by atoms with E-state index in [2.05, 4.69) is 4.74 Å². The number of ether oxygens (including phenoxy) is 1. The Morgan fingerprint density at radius 3 is 3.00 bits per heavy atom. The van der Waals surface area contributed by atoms with Crippen LogP contribution in [0.4, 0.5) is 4.39 Å². The number of hydrogen-bond donors (Lipinski definition) is 0. The first kappa shape index (κ1) is 8.40. The van der Waals surface area contributed by atoms with Gasteiger partial charge < -0.3 is 4.74 Å². The molecule has 0 radical (unpaired) electrons. The number of benzene rings is 1. The lowest BCUT2D eigenvalue weighted by atomic mass is 10.3. The summed E-state index contributed by atoms with van der Waals surface area (Å²) in [4.78, 5) is 1.08. The zero-order chi connectivity index (χ0) is 8.10. The molecule has 0 aliphatic carbocycles. The van der Waals surface area contributed by atoms with Crippen molar-refractivity contribution in [3.8, 4) is 5.75 Å². The molecule has 11 heavy (non-hydrogen) atoms. The Morgan fingerprint density at radius 2 is 2.36 bits per heavy atom. The maximum absolute atomic E-state index is 11.7. The lowest BCUT2D eigenvalue weighted by molar-refractivity contribution is 0.191. The second-order valence-corrected chi connectivity index (χ2v) is 2.81. The molecule has 3 heteroatoms. The van der Waals surface area contributed by atoms with Gasteiger partial charge in [0, 0.05) is 4.90 Å². The summed E-state index contributed by atoms with van der Waals surface area (Å²) in [7, 11) is 0. The average Bonchev–Trinajstić information content (AvgIpc) is 2.06. The first-order valence-electron chi connectivity index (χ1n) is 3.19. The van der Waals surface area contributed by atoms with Gasteiger partial charge in [0.15, 0.2) is 0 Å². The summed E-state index contributed by atoms with van der Waals surface area (Å²) in [6.45, 7) is -0.766. The minimum atomic E-state index is -0.766. The number of halogens is 1. The van der Waals surface area contributed by atoms with Gasteiger partial charge in [0.05, 0.1) is 0 Å². The Morgan fingerprint density at radius 1 is 1.55 bits per heavy atom. The summed E-state index contributed by atoms with van der Waals surface area (Å²) in [5.41, 5.74) is 0. The third-order valence-electron chi connectivity index (χ3n) is 1.26. The molecule has 1 nitrogen and oxygen atoms in total. The molecular formula is C8H9FOS. The van der Waals surface area contributed by atoms with E-state index < -0.39 is 6.86 Å². The van der Waals surface area contributed by atoms with Crippen LogP contribution in [0.2, 0.25) is 0 Å². The quantitative estimate of drug-likeness (QED) is 0.648. The second-order valence-electron chi connectivity index (χ2n) is 1.93. The predicted octanol–water partition coefficient (Wildman–Crippen LogP) is 2.71. The van der Waals surface area contributed by atoms with Crippen LogP contribution in [-0.2, 0) is 0 Å². The van der Waals surface area contributed by atoms with E-state index in [1.54, 1.807) is 17.8 Å². The molecule has 0 saturated heterocycles. The van der Waals surface area contributed by atoms with Gasteiger partial charge in [0.2, 0.25) is 6.86 Å². The van der Waals surface area contributed by atoms with Gasteiger partial charge in [-0.15, -0.1) is 11.8 Å². The SMILES string of the molecule is CSc1cccc(OCF)c1. The molecule has 0 spiro atoms. The van der Waals surface area contributed by atoms with Gasteiger partial charge in [-0.2, -0.15) is 0 Å². The van der Waals surface area contributed by atoms with Crippen LogP contribution in [0.25, 0.3) is 0 Å². The van der Waals surface area contributed by atoms with Gasteiger partial charge in [-0.05, 0) is 24.5 Å². The Labute approximate surface area is 69.6 Å². The zero-order valence-electron chi connectivity index (χ0n) is 6.21. The van der Waals surface area contributed by atoms with Crippen LogP contribution >= 0.6 is 11.8 Å². The predicted molar refractivity (Wildman–Crippen MR) is 44.8 cm³/mol. The molecule has 1 aromatic rings. The summed E-state index contributed by atoms with van der Waals surface area (Å²) in [5, 5.41) is 0. The fourth-order valence-corrected chi connectivity index (χ4v) is 1.20. The standard InChI is InChI=1S/C8H9FOS/c1-11-8-4-2-3-7(5-8)10-6-9/h2-5H,6H2,1H3. The van der Waals surface area contributed by atoms with Crippen molar-refractivity contribution in [2.75, 3.05) is 13.1 Å². The highest BCUT2D eigenvalue weighted by atomic mass is 32.2. The van der Waals surface area contributed by atoms with Crippen LogP contribution in [0.3, 0.4) is 0 Å². The Kier molecular flexibility index (Phi) is 3.23.